The fraction of sp³-hybridized carbons (Fsp3) is 0.429. The highest BCUT2D eigenvalue weighted by atomic mass is 19.4. The van der Waals surface area contributed by atoms with E-state index >= 15 is 0 Å². The van der Waals surface area contributed by atoms with Gasteiger partial charge < -0.3 is 24.7 Å². The van der Waals surface area contributed by atoms with Crippen LogP contribution in [0.15, 0.2) is 35.2 Å². The number of imidazole rings is 1. The predicted octanol–water partition coefficient (Wildman–Crippen LogP) is 1.65. The van der Waals surface area contributed by atoms with Crippen molar-refractivity contribution in [3.63, 3.8) is 0 Å². The molecule has 2 aromatic heterocycles. The summed E-state index contributed by atoms with van der Waals surface area (Å²) in [7, 11) is 1.35. The normalized spacial score (nSPS) is 14.2. The maximum atomic E-state index is 13.3. The second-order valence-corrected chi connectivity index (χ2v) is 5.16. The minimum atomic E-state index is -4.93. The van der Waals surface area contributed by atoms with Crippen LogP contribution in [-0.4, -0.2) is 33.4 Å². The van der Waals surface area contributed by atoms with Crippen molar-refractivity contribution in [3.05, 3.63) is 42.4 Å². The quantitative estimate of drug-likeness (QED) is 0.742. The Bertz CT molecular complexity index is 669. The highest BCUT2D eigenvalue weighted by Crippen LogP contribution is 2.40. The lowest BCUT2D eigenvalue weighted by Crippen LogP contribution is -2.47. The number of amides is 2. The average Bonchev–Trinajstić information content (AvgIpc) is 3.15. The number of aliphatic hydroxyl groups is 1. The molecule has 1 unspecified atom stereocenters. The van der Waals surface area contributed by atoms with Gasteiger partial charge >= 0.3 is 12.2 Å². The van der Waals surface area contributed by atoms with Crippen molar-refractivity contribution in [1.29, 1.82) is 0 Å². The van der Waals surface area contributed by atoms with Crippen LogP contribution in [0.25, 0.3) is 0 Å². The SMILES string of the molecule is Cn1ccnc1C(O)(CCNC(=O)NCc1ccco1)C(F)(F)F. The van der Waals surface area contributed by atoms with Crippen LogP contribution in [0.3, 0.4) is 0 Å². The van der Waals surface area contributed by atoms with E-state index in [1.807, 2.05) is 0 Å². The molecule has 0 saturated heterocycles. The minimum absolute atomic E-state index is 0.0989. The van der Waals surface area contributed by atoms with Crippen LogP contribution in [0, 0.1) is 0 Å². The number of furan rings is 1. The Balaban J connectivity index is 1.92. The van der Waals surface area contributed by atoms with E-state index in [0.717, 1.165) is 10.8 Å². The zero-order valence-electron chi connectivity index (χ0n) is 12.8. The smallest absolute Gasteiger partial charge is 0.424 e. The number of hydrogen-bond donors (Lipinski definition) is 3. The number of carbonyl (C=O) groups is 1. The fourth-order valence-electron chi connectivity index (χ4n) is 2.14. The van der Waals surface area contributed by atoms with Gasteiger partial charge in [0, 0.05) is 32.4 Å². The van der Waals surface area contributed by atoms with Crippen LogP contribution in [-0.2, 0) is 19.2 Å². The summed E-state index contributed by atoms with van der Waals surface area (Å²) in [5.74, 6) is -0.0299. The Morgan fingerprint density at radius 1 is 1.42 bits per heavy atom. The van der Waals surface area contributed by atoms with Crippen molar-refractivity contribution < 1.29 is 27.5 Å². The van der Waals surface area contributed by atoms with Crippen LogP contribution < -0.4 is 10.6 Å². The van der Waals surface area contributed by atoms with Crippen LogP contribution in [0.5, 0.6) is 0 Å². The monoisotopic (exact) mass is 346 g/mol. The van der Waals surface area contributed by atoms with Crippen molar-refractivity contribution in [3.8, 4) is 0 Å². The van der Waals surface area contributed by atoms with E-state index in [9.17, 15) is 23.1 Å². The molecule has 0 aromatic carbocycles. The molecule has 7 nitrogen and oxygen atoms in total. The first kappa shape index (κ1) is 17.9. The molecule has 10 heteroatoms. The maximum absolute atomic E-state index is 13.3. The lowest BCUT2D eigenvalue weighted by Gasteiger charge is -2.29. The number of rotatable bonds is 6. The molecule has 132 valence electrons. The summed E-state index contributed by atoms with van der Waals surface area (Å²) < 4.78 is 45.9. The number of nitrogens with one attached hydrogen (secondary N) is 2. The summed E-state index contributed by atoms with van der Waals surface area (Å²) in [6, 6.07) is 2.62. The number of aryl methyl sites for hydroxylation is 1. The van der Waals surface area contributed by atoms with Gasteiger partial charge in [0.2, 0.25) is 5.60 Å². The van der Waals surface area contributed by atoms with E-state index in [4.69, 9.17) is 4.42 Å². The van der Waals surface area contributed by atoms with Gasteiger partial charge in [-0.3, -0.25) is 0 Å². The molecule has 0 aliphatic rings. The number of hydrogen-bond acceptors (Lipinski definition) is 4. The third kappa shape index (κ3) is 3.88. The average molecular weight is 346 g/mol. The van der Waals surface area contributed by atoms with Gasteiger partial charge in [-0.25, -0.2) is 9.78 Å². The van der Waals surface area contributed by atoms with Gasteiger partial charge in [-0.1, -0.05) is 0 Å². The van der Waals surface area contributed by atoms with Gasteiger partial charge in [0.25, 0.3) is 0 Å². The van der Waals surface area contributed by atoms with Crippen molar-refractivity contribution in [2.45, 2.75) is 24.7 Å². The summed E-state index contributed by atoms with van der Waals surface area (Å²) in [6.07, 6.45) is -1.80. The van der Waals surface area contributed by atoms with E-state index in [1.165, 1.54) is 19.5 Å². The summed E-state index contributed by atoms with van der Waals surface area (Å²) in [6.45, 7) is -0.297. The van der Waals surface area contributed by atoms with Gasteiger partial charge in [-0.15, -0.1) is 0 Å². The molecule has 0 saturated carbocycles. The molecule has 0 fully saturated rings. The van der Waals surface area contributed by atoms with E-state index in [0.29, 0.717) is 5.76 Å². The minimum Gasteiger partial charge on any atom is -0.467 e. The second kappa shape index (κ2) is 6.95. The Labute approximate surface area is 135 Å². The fourth-order valence-corrected chi connectivity index (χ4v) is 2.14. The van der Waals surface area contributed by atoms with Gasteiger partial charge in [-0.2, -0.15) is 13.2 Å². The Morgan fingerprint density at radius 2 is 2.17 bits per heavy atom. The van der Waals surface area contributed by atoms with Gasteiger partial charge in [0.05, 0.1) is 12.8 Å². The lowest BCUT2D eigenvalue weighted by molar-refractivity contribution is -0.272. The number of halogens is 3. The molecule has 2 amide bonds. The summed E-state index contributed by atoms with van der Waals surface area (Å²) in [4.78, 5) is 15.2. The summed E-state index contributed by atoms with van der Waals surface area (Å²) in [5.41, 5.74) is -3.15. The zero-order chi connectivity index (χ0) is 17.8. The van der Waals surface area contributed by atoms with Gasteiger partial charge in [-0.05, 0) is 12.1 Å². The first-order valence-electron chi connectivity index (χ1n) is 7.05. The Hall–Kier alpha value is -2.49. The highest BCUT2D eigenvalue weighted by molar-refractivity contribution is 5.73. The zero-order valence-corrected chi connectivity index (χ0v) is 12.8. The highest BCUT2D eigenvalue weighted by Gasteiger charge is 2.57. The Kier molecular flexibility index (Phi) is 5.17. The lowest BCUT2D eigenvalue weighted by atomic mass is 9.97. The number of aromatic nitrogens is 2. The van der Waals surface area contributed by atoms with Gasteiger partial charge in [0.15, 0.2) is 0 Å². The molecular formula is C14H17F3N4O3. The number of urea groups is 1. The molecule has 0 spiro atoms. The molecular weight excluding hydrogens is 329 g/mol. The number of carbonyl (C=O) groups excluding carboxylic acids is 1. The summed E-state index contributed by atoms with van der Waals surface area (Å²) >= 11 is 0. The Morgan fingerprint density at radius 3 is 2.71 bits per heavy atom. The van der Waals surface area contributed by atoms with Crippen LogP contribution in [0.2, 0.25) is 0 Å². The first-order valence-corrected chi connectivity index (χ1v) is 7.05. The van der Waals surface area contributed by atoms with Crippen LogP contribution in [0.4, 0.5) is 18.0 Å². The molecule has 24 heavy (non-hydrogen) atoms. The van der Waals surface area contributed by atoms with Crippen LogP contribution >= 0.6 is 0 Å². The number of nitrogens with zero attached hydrogens (tertiary/aromatic N) is 2. The molecule has 3 N–H and O–H groups in total. The molecule has 0 aliphatic carbocycles. The standard InChI is InChI=1S/C14H17F3N4O3/c1-21-7-6-18-11(21)13(23,14(15,16)17)4-5-19-12(22)20-9-10-3-2-8-24-10/h2-3,6-8,23H,4-5,9H2,1H3,(H2,19,20,22). The van der Waals surface area contributed by atoms with Crippen molar-refractivity contribution in [1.82, 2.24) is 20.2 Å². The predicted molar refractivity (Wildman–Crippen MR) is 76.7 cm³/mol. The third-order valence-corrected chi connectivity index (χ3v) is 3.44. The van der Waals surface area contributed by atoms with Crippen LogP contribution in [0.1, 0.15) is 18.0 Å². The molecule has 2 heterocycles. The first-order chi connectivity index (χ1) is 11.2. The van der Waals surface area contributed by atoms with Crippen molar-refractivity contribution in [2.24, 2.45) is 7.05 Å². The van der Waals surface area contributed by atoms with E-state index in [1.54, 1.807) is 12.1 Å². The van der Waals surface area contributed by atoms with Crippen molar-refractivity contribution in [2.75, 3.05) is 6.54 Å². The largest absolute Gasteiger partial charge is 0.467 e. The molecule has 0 aliphatic heterocycles. The van der Waals surface area contributed by atoms with Crippen molar-refractivity contribution >= 4 is 6.03 Å². The summed E-state index contributed by atoms with van der Waals surface area (Å²) in [5, 5.41) is 14.8. The molecule has 1 atom stereocenters. The van der Waals surface area contributed by atoms with E-state index in [2.05, 4.69) is 15.6 Å². The molecule has 0 bridgehead atoms. The third-order valence-electron chi connectivity index (χ3n) is 3.44. The van der Waals surface area contributed by atoms with Gasteiger partial charge in [0.1, 0.15) is 11.6 Å². The topological polar surface area (TPSA) is 92.3 Å². The van der Waals surface area contributed by atoms with E-state index < -0.39 is 36.6 Å². The van der Waals surface area contributed by atoms with E-state index in [-0.39, 0.29) is 6.54 Å². The molecule has 2 rings (SSSR count). The molecule has 0 radical (unpaired) electrons. The maximum Gasteiger partial charge on any atom is 0.424 e. The molecule has 2 aromatic rings. The second-order valence-electron chi connectivity index (χ2n) is 5.16. The number of alkyl halides is 3.